The second-order valence-electron chi connectivity index (χ2n) is 7.65. The third kappa shape index (κ3) is 4.50. The highest BCUT2D eigenvalue weighted by atomic mass is 16.6. The van der Waals surface area contributed by atoms with Crippen LogP contribution in [0.25, 0.3) is 0 Å². The number of fused-ring (bicyclic) bond motifs is 1. The topological polar surface area (TPSA) is 114 Å². The first-order chi connectivity index (χ1) is 15.4. The van der Waals surface area contributed by atoms with Crippen molar-refractivity contribution < 1.29 is 24.0 Å². The zero-order valence-corrected chi connectivity index (χ0v) is 17.7. The molecule has 32 heavy (non-hydrogen) atoms. The summed E-state index contributed by atoms with van der Waals surface area (Å²) in [5.41, 5.74) is 1.42. The Hall–Kier alpha value is -3.66. The Bertz CT molecular complexity index is 1040. The molecule has 168 valence electrons. The number of nitro groups is 1. The van der Waals surface area contributed by atoms with Gasteiger partial charge in [-0.05, 0) is 25.1 Å². The third-order valence-corrected chi connectivity index (χ3v) is 5.57. The lowest BCUT2D eigenvalue weighted by Gasteiger charge is -2.38. The summed E-state index contributed by atoms with van der Waals surface area (Å²) in [6, 6.07) is 11.8. The van der Waals surface area contributed by atoms with E-state index in [1.807, 2.05) is 18.2 Å². The average Bonchev–Trinajstić information content (AvgIpc) is 2.80. The molecule has 1 saturated heterocycles. The molecular weight excluding hydrogens is 416 g/mol. The fourth-order valence-corrected chi connectivity index (χ4v) is 3.89. The number of carbonyl (C=O) groups excluding carboxylic acids is 2. The number of nitrogens with one attached hydrogen (secondary N) is 1. The van der Waals surface area contributed by atoms with Crippen LogP contribution in [0.1, 0.15) is 5.56 Å². The van der Waals surface area contributed by atoms with Gasteiger partial charge < -0.3 is 24.6 Å². The van der Waals surface area contributed by atoms with Crippen molar-refractivity contribution in [1.82, 2.24) is 4.90 Å². The summed E-state index contributed by atoms with van der Waals surface area (Å²) in [6.45, 7) is 3.77. The molecule has 1 atom stereocenters. The molecular formula is C22H24N4O6. The number of hydrogen-bond donors (Lipinski definition) is 1. The summed E-state index contributed by atoms with van der Waals surface area (Å²) in [4.78, 5) is 40.0. The predicted octanol–water partition coefficient (Wildman–Crippen LogP) is 1.97. The average molecular weight is 440 g/mol. The van der Waals surface area contributed by atoms with Crippen LogP contribution in [0.3, 0.4) is 0 Å². The number of amides is 2. The van der Waals surface area contributed by atoms with E-state index in [0.29, 0.717) is 49.0 Å². The van der Waals surface area contributed by atoms with E-state index in [0.717, 1.165) is 0 Å². The maximum absolute atomic E-state index is 13.0. The van der Waals surface area contributed by atoms with Gasteiger partial charge in [-0.25, -0.2) is 0 Å². The zero-order chi connectivity index (χ0) is 22.7. The molecule has 2 amide bonds. The number of rotatable bonds is 5. The number of nitrogens with zero attached hydrogens (tertiary/aromatic N) is 3. The van der Waals surface area contributed by atoms with Crippen LogP contribution in [0.2, 0.25) is 0 Å². The normalized spacial score (nSPS) is 17.8. The van der Waals surface area contributed by atoms with Crippen LogP contribution in [0, 0.1) is 17.0 Å². The smallest absolute Gasteiger partial charge is 0.274 e. The highest BCUT2D eigenvalue weighted by Crippen LogP contribution is 2.33. The Morgan fingerprint density at radius 1 is 1.16 bits per heavy atom. The van der Waals surface area contributed by atoms with Gasteiger partial charge in [0.15, 0.2) is 6.10 Å². The van der Waals surface area contributed by atoms with Crippen molar-refractivity contribution in [3.8, 4) is 5.75 Å². The molecule has 0 bridgehead atoms. The number of para-hydroxylation sites is 2. The molecule has 2 aliphatic rings. The molecule has 0 aliphatic carbocycles. The molecule has 4 rings (SSSR count). The van der Waals surface area contributed by atoms with E-state index >= 15 is 0 Å². The molecule has 10 nitrogen and oxygen atoms in total. The standard InChI is InChI=1S/C22H24N4O6/c1-15-16(5-4-7-17(15)26(29)30)23-21(27)14-25-13-20(22(28)24-9-11-31-12-10-24)32-19-8-3-2-6-18(19)25/h2-8,20H,9-14H2,1H3,(H,23,27)/t20-/m1/s1. The minimum absolute atomic E-state index is 0.0323. The van der Waals surface area contributed by atoms with Gasteiger partial charge in [0.05, 0.1) is 48.2 Å². The van der Waals surface area contributed by atoms with Crippen LogP contribution >= 0.6 is 0 Å². The van der Waals surface area contributed by atoms with Gasteiger partial charge in [0.1, 0.15) is 5.75 Å². The van der Waals surface area contributed by atoms with Crippen molar-refractivity contribution in [2.75, 3.05) is 49.6 Å². The van der Waals surface area contributed by atoms with Crippen molar-refractivity contribution >= 4 is 28.9 Å². The van der Waals surface area contributed by atoms with Gasteiger partial charge in [0.25, 0.3) is 11.6 Å². The summed E-state index contributed by atoms with van der Waals surface area (Å²) in [6.07, 6.45) is -0.740. The minimum Gasteiger partial charge on any atom is -0.477 e. The largest absolute Gasteiger partial charge is 0.477 e. The van der Waals surface area contributed by atoms with Crippen molar-refractivity contribution in [2.45, 2.75) is 13.0 Å². The summed E-state index contributed by atoms with van der Waals surface area (Å²) in [7, 11) is 0. The molecule has 0 radical (unpaired) electrons. The van der Waals surface area contributed by atoms with Crippen LogP contribution in [0.4, 0.5) is 17.1 Å². The maximum atomic E-state index is 13.0. The van der Waals surface area contributed by atoms with Gasteiger partial charge in [-0.1, -0.05) is 18.2 Å². The molecule has 2 aromatic carbocycles. The van der Waals surface area contributed by atoms with E-state index < -0.39 is 11.0 Å². The first kappa shape index (κ1) is 21.6. The molecule has 0 spiro atoms. The second kappa shape index (κ2) is 9.23. The van der Waals surface area contributed by atoms with Crippen molar-refractivity contribution in [3.63, 3.8) is 0 Å². The van der Waals surface area contributed by atoms with E-state index in [9.17, 15) is 19.7 Å². The summed E-state index contributed by atoms with van der Waals surface area (Å²) < 4.78 is 11.3. The molecule has 2 aliphatic heterocycles. The lowest BCUT2D eigenvalue weighted by molar-refractivity contribution is -0.385. The van der Waals surface area contributed by atoms with Crippen molar-refractivity contribution in [3.05, 3.63) is 58.1 Å². The number of hydrogen-bond acceptors (Lipinski definition) is 7. The van der Waals surface area contributed by atoms with Crippen LogP contribution in [0.5, 0.6) is 5.75 Å². The van der Waals surface area contributed by atoms with Crippen LogP contribution < -0.4 is 15.0 Å². The van der Waals surface area contributed by atoms with Gasteiger partial charge in [-0.15, -0.1) is 0 Å². The molecule has 2 heterocycles. The van der Waals surface area contributed by atoms with E-state index in [2.05, 4.69) is 5.32 Å². The summed E-state index contributed by atoms with van der Waals surface area (Å²) in [5, 5.41) is 13.9. The highest BCUT2D eigenvalue weighted by molar-refractivity contribution is 5.96. The van der Waals surface area contributed by atoms with Crippen LogP contribution in [-0.2, 0) is 14.3 Å². The first-order valence-electron chi connectivity index (χ1n) is 10.3. The van der Waals surface area contributed by atoms with E-state index in [-0.39, 0.29) is 30.6 Å². The molecule has 10 heteroatoms. The minimum atomic E-state index is -0.740. The van der Waals surface area contributed by atoms with Gasteiger partial charge in [0.2, 0.25) is 5.91 Å². The number of ether oxygens (including phenoxy) is 2. The van der Waals surface area contributed by atoms with Crippen LogP contribution in [-0.4, -0.2) is 67.1 Å². The summed E-state index contributed by atoms with van der Waals surface area (Å²) >= 11 is 0. The van der Waals surface area contributed by atoms with Gasteiger partial charge in [0, 0.05) is 19.2 Å². The van der Waals surface area contributed by atoms with Crippen LogP contribution in [0.15, 0.2) is 42.5 Å². The Morgan fingerprint density at radius 3 is 2.66 bits per heavy atom. The fraction of sp³-hybridized carbons (Fsp3) is 0.364. The van der Waals surface area contributed by atoms with Gasteiger partial charge in [-0.2, -0.15) is 0 Å². The zero-order valence-electron chi connectivity index (χ0n) is 17.7. The maximum Gasteiger partial charge on any atom is 0.274 e. The molecule has 2 aromatic rings. The number of morpholine rings is 1. The van der Waals surface area contributed by atoms with E-state index in [4.69, 9.17) is 9.47 Å². The quantitative estimate of drug-likeness (QED) is 0.558. The fourth-order valence-electron chi connectivity index (χ4n) is 3.89. The number of anilines is 2. The highest BCUT2D eigenvalue weighted by Gasteiger charge is 2.34. The Balaban J connectivity index is 1.50. The molecule has 0 saturated carbocycles. The van der Waals surface area contributed by atoms with Gasteiger partial charge >= 0.3 is 0 Å². The van der Waals surface area contributed by atoms with Gasteiger partial charge in [-0.3, -0.25) is 19.7 Å². The molecule has 0 unspecified atom stereocenters. The Morgan fingerprint density at radius 2 is 1.91 bits per heavy atom. The van der Waals surface area contributed by atoms with Crippen molar-refractivity contribution in [1.29, 1.82) is 0 Å². The lowest BCUT2D eigenvalue weighted by atomic mass is 10.1. The SMILES string of the molecule is Cc1c(NC(=O)CN2C[C@H](C(=O)N3CCOCC3)Oc3ccccc32)cccc1[N+](=O)[O-]. The Kier molecular flexibility index (Phi) is 6.22. The number of benzene rings is 2. The van der Waals surface area contributed by atoms with E-state index in [1.165, 1.54) is 12.1 Å². The Labute approximate surface area is 184 Å². The molecule has 0 aromatic heterocycles. The molecule has 1 N–H and O–H groups in total. The van der Waals surface area contributed by atoms with Crippen molar-refractivity contribution in [2.24, 2.45) is 0 Å². The second-order valence-corrected chi connectivity index (χ2v) is 7.65. The van der Waals surface area contributed by atoms with E-state index in [1.54, 1.807) is 28.9 Å². The first-order valence-corrected chi connectivity index (χ1v) is 10.3. The molecule has 1 fully saturated rings. The lowest BCUT2D eigenvalue weighted by Crippen LogP contribution is -2.53. The number of carbonyl (C=O) groups is 2. The monoisotopic (exact) mass is 440 g/mol. The third-order valence-electron chi connectivity index (χ3n) is 5.57. The number of nitro benzene ring substituents is 1. The predicted molar refractivity (Wildman–Crippen MR) is 117 cm³/mol. The summed E-state index contributed by atoms with van der Waals surface area (Å²) in [5.74, 6) is 0.0512.